The van der Waals surface area contributed by atoms with Crippen molar-refractivity contribution >= 4 is 45.0 Å². The fourth-order valence-corrected chi connectivity index (χ4v) is 6.56. The summed E-state index contributed by atoms with van der Waals surface area (Å²) < 4.78 is 0.933. The zero-order valence-electron chi connectivity index (χ0n) is 18.4. The second-order valence-electron chi connectivity index (χ2n) is 9.48. The number of amides is 3. The number of nitrogens with zero attached hydrogens (tertiary/aromatic N) is 1. The van der Waals surface area contributed by atoms with Gasteiger partial charge < -0.3 is 5.32 Å². The Balaban J connectivity index is 1.20. The summed E-state index contributed by atoms with van der Waals surface area (Å²) in [4.78, 5) is 40.8. The van der Waals surface area contributed by atoms with Gasteiger partial charge in [0.2, 0.25) is 11.8 Å². The van der Waals surface area contributed by atoms with Crippen molar-refractivity contribution in [1.29, 1.82) is 0 Å². The maximum atomic E-state index is 13.5. The Morgan fingerprint density at radius 1 is 0.824 bits per heavy atom. The van der Waals surface area contributed by atoms with Crippen LogP contribution in [0.4, 0.5) is 11.4 Å². The Kier molecular flexibility index (Phi) is 5.14. The van der Waals surface area contributed by atoms with Gasteiger partial charge in [-0.3, -0.25) is 19.3 Å². The zero-order chi connectivity index (χ0) is 23.4. The number of rotatable bonds is 4. The quantitative estimate of drug-likeness (QED) is 0.458. The molecule has 5 nitrogen and oxygen atoms in total. The van der Waals surface area contributed by atoms with E-state index in [2.05, 4.69) is 33.4 Å². The molecule has 6 heteroatoms. The highest BCUT2D eigenvalue weighted by Gasteiger charge is 2.64. The van der Waals surface area contributed by atoms with Crippen LogP contribution in [-0.2, 0) is 9.59 Å². The largest absolute Gasteiger partial charge is 0.322 e. The number of imide groups is 1. The Morgan fingerprint density at radius 2 is 1.50 bits per heavy atom. The average Bonchev–Trinajstić information content (AvgIpc) is 3.52. The maximum Gasteiger partial charge on any atom is 0.255 e. The fourth-order valence-electron chi connectivity index (χ4n) is 6.30. The Bertz CT molecular complexity index is 1270. The fraction of sp³-hybridized carbons (Fsp3) is 0.250. The Morgan fingerprint density at radius 3 is 2.21 bits per heavy atom. The molecule has 0 radical (unpaired) electrons. The molecule has 3 aromatic rings. The van der Waals surface area contributed by atoms with Gasteiger partial charge in [0.1, 0.15) is 0 Å². The van der Waals surface area contributed by atoms with E-state index in [0.29, 0.717) is 22.9 Å². The molecule has 170 valence electrons. The third kappa shape index (κ3) is 3.40. The van der Waals surface area contributed by atoms with Gasteiger partial charge in [-0.15, -0.1) is 0 Å². The van der Waals surface area contributed by atoms with Gasteiger partial charge in [-0.25, -0.2) is 0 Å². The predicted molar refractivity (Wildman–Crippen MR) is 133 cm³/mol. The normalized spacial score (nSPS) is 27.2. The van der Waals surface area contributed by atoms with Gasteiger partial charge in [0.05, 0.1) is 17.5 Å². The van der Waals surface area contributed by atoms with E-state index in [1.165, 1.54) is 10.5 Å². The summed E-state index contributed by atoms with van der Waals surface area (Å²) in [7, 11) is 0. The summed E-state index contributed by atoms with van der Waals surface area (Å²) >= 11 is 3.38. The number of fused-ring (bicyclic) bond motifs is 5. The van der Waals surface area contributed by atoms with Gasteiger partial charge in [0.15, 0.2) is 0 Å². The first-order valence-corrected chi connectivity index (χ1v) is 12.4. The SMILES string of the molecule is O=C(Nc1ccc(Br)cc1)c1ccc(N2C(=O)[C@@H]3[C@@H]4C[C@@H]([C@H]3C2=O)[C@@H](c2ccccc2)C4)cc1. The number of hydrogen-bond donors (Lipinski definition) is 1. The van der Waals surface area contributed by atoms with E-state index < -0.39 is 0 Å². The van der Waals surface area contributed by atoms with Gasteiger partial charge in [0, 0.05) is 15.7 Å². The van der Waals surface area contributed by atoms with Crippen LogP contribution in [0.2, 0.25) is 0 Å². The van der Waals surface area contributed by atoms with Crippen LogP contribution in [0.25, 0.3) is 0 Å². The average molecular weight is 515 g/mol. The van der Waals surface area contributed by atoms with E-state index in [4.69, 9.17) is 0 Å². The van der Waals surface area contributed by atoms with Crippen LogP contribution in [0.5, 0.6) is 0 Å². The number of carbonyl (C=O) groups excluding carboxylic acids is 3. The van der Waals surface area contributed by atoms with E-state index >= 15 is 0 Å². The molecule has 5 atom stereocenters. The van der Waals surface area contributed by atoms with Crippen LogP contribution in [0.3, 0.4) is 0 Å². The summed E-state index contributed by atoms with van der Waals surface area (Å²) in [6.45, 7) is 0. The minimum atomic E-state index is -0.242. The Labute approximate surface area is 206 Å². The van der Waals surface area contributed by atoms with E-state index in [-0.39, 0.29) is 41.4 Å². The van der Waals surface area contributed by atoms with Crippen LogP contribution in [0.15, 0.2) is 83.3 Å². The van der Waals surface area contributed by atoms with Gasteiger partial charge in [-0.1, -0.05) is 46.3 Å². The molecule has 34 heavy (non-hydrogen) atoms. The monoisotopic (exact) mass is 514 g/mol. The molecule has 1 heterocycles. The van der Waals surface area contributed by atoms with Crippen molar-refractivity contribution in [2.75, 3.05) is 10.2 Å². The lowest BCUT2D eigenvalue weighted by atomic mass is 9.73. The summed E-state index contributed by atoms with van der Waals surface area (Å²) in [5.74, 6) is -0.0410. The third-order valence-electron chi connectivity index (χ3n) is 7.73. The van der Waals surface area contributed by atoms with Crippen LogP contribution in [0.1, 0.15) is 34.7 Å². The lowest BCUT2D eigenvalue weighted by Gasteiger charge is -2.28. The van der Waals surface area contributed by atoms with Crippen LogP contribution < -0.4 is 10.2 Å². The number of hydrogen-bond acceptors (Lipinski definition) is 3. The van der Waals surface area contributed by atoms with Crippen molar-refractivity contribution in [2.45, 2.75) is 18.8 Å². The first kappa shape index (κ1) is 21.3. The van der Waals surface area contributed by atoms with Crippen molar-refractivity contribution in [2.24, 2.45) is 23.7 Å². The molecule has 3 aromatic carbocycles. The minimum absolute atomic E-state index is 0.0823. The van der Waals surface area contributed by atoms with Crippen molar-refractivity contribution in [3.05, 3.63) is 94.5 Å². The van der Waals surface area contributed by atoms with E-state index in [1.54, 1.807) is 24.3 Å². The third-order valence-corrected chi connectivity index (χ3v) is 8.26. The minimum Gasteiger partial charge on any atom is -0.322 e. The van der Waals surface area contributed by atoms with Crippen molar-refractivity contribution in [3.63, 3.8) is 0 Å². The van der Waals surface area contributed by atoms with E-state index in [0.717, 1.165) is 17.3 Å². The smallest absolute Gasteiger partial charge is 0.255 e. The second-order valence-corrected chi connectivity index (χ2v) is 10.4. The molecule has 3 amide bonds. The van der Waals surface area contributed by atoms with Crippen molar-refractivity contribution < 1.29 is 14.4 Å². The van der Waals surface area contributed by atoms with Crippen LogP contribution in [-0.4, -0.2) is 17.7 Å². The Hall–Kier alpha value is -3.25. The van der Waals surface area contributed by atoms with Gasteiger partial charge in [-0.2, -0.15) is 0 Å². The molecule has 2 saturated carbocycles. The number of anilines is 2. The lowest BCUT2D eigenvalue weighted by Crippen LogP contribution is -2.33. The molecule has 6 rings (SSSR count). The van der Waals surface area contributed by atoms with Crippen molar-refractivity contribution in [1.82, 2.24) is 0 Å². The molecular weight excluding hydrogens is 492 g/mol. The first-order valence-electron chi connectivity index (χ1n) is 11.6. The second kappa shape index (κ2) is 8.20. The molecule has 0 unspecified atom stereocenters. The predicted octanol–water partition coefficient (Wildman–Crippen LogP) is 5.63. The highest BCUT2D eigenvalue weighted by molar-refractivity contribution is 9.10. The van der Waals surface area contributed by atoms with Gasteiger partial charge in [0.25, 0.3) is 5.91 Å². The molecular formula is C28H23BrN2O3. The van der Waals surface area contributed by atoms with Gasteiger partial charge in [-0.05, 0) is 84.7 Å². The standard InChI is InChI=1S/C28H23BrN2O3/c29-19-8-10-20(11-9-19)30-26(32)17-6-12-21(13-7-17)31-27(33)24-18-14-22(16-4-2-1-3-5-16)23(15-18)25(24)28(31)34/h1-13,18,22-25H,14-15H2,(H,30,32)/t18-,22+,23+,24+,25+/m0/s1. The summed E-state index contributed by atoms with van der Waals surface area (Å²) in [6.07, 6.45) is 1.92. The number of nitrogens with one attached hydrogen (secondary N) is 1. The lowest BCUT2D eigenvalue weighted by molar-refractivity contribution is -0.123. The number of carbonyl (C=O) groups is 3. The van der Waals surface area contributed by atoms with Crippen molar-refractivity contribution in [3.8, 4) is 0 Å². The van der Waals surface area contributed by atoms with Crippen LogP contribution >= 0.6 is 15.9 Å². The zero-order valence-corrected chi connectivity index (χ0v) is 19.9. The maximum absolute atomic E-state index is 13.5. The highest BCUT2D eigenvalue weighted by Crippen LogP contribution is 2.61. The number of halogens is 1. The van der Waals surface area contributed by atoms with E-state index in [1.807, 2.05) is 42.5 Å². The molecule has 3 fully saturated rings. The molecule has 2 aliphatic carbocycles. The molecule has 0 aromatic heterocycles. The highest BCUT2D eigenvalue weighted by atomic mass is 79.9. The molecule has 0 spiro atoms. The molecule has 1 aliphatic heterocycles. The first-order chi connectivity index (χ1) is 16.5. The molecule has 1 N–H and O–H groups in total. The molecule has 1 saturated heterocycles. The van der Waals surface area contributed by atoms with Crippen LogP contribution in [0, 0.1) is 23.7 Å². The summed E-state index contributed by atoms with van der Waals surface area (Å²) in [5.41, 5.74) is 2.97. The van der Waals surface area contributed by atoms with Gasteiger partial charge >= 0.3 is 0 Å². The number of benzene rings is 3. The van der Waals surface area contributed by atoms with E-state index in [9.17, 15) is 14.4 Å². The molecule has 2 bridgehead atoms. The molecule has 3 aliphatic rings. The summed E-state index contributed by atoms with van der Waals surface area (Å²) in [5, 5.41) is 2.86. The summed E-state index contributed by atoms with van der Waals surface area (Å²) in [6, 6.07) is 24.4. The topological polar surface area (TPSA) is 66.5 Å².